The van der Waals surface area contributed by atoms with Gasteiger partial charge in [-0.3, -0.25) is 4.79 Å². The van der Waals surface area contributed by atoms with Gasteiger partial charge in [0.15, 0.2) is 5.78 Å². The van der Waals surface area contributed by atoms with Crippen molar-refractivity contribution in [3.05, 3.63) is 0 Å². The van der Waals surface area contributed by atoms with E-state index in [0.29, 0.717) is 0 Å². The number of hydrogen-bond acceptors (Lipinski definition) is 3. The molecule has 1 fully saturated rings. The summed E-state index contributed by atoms with van der Waals surface area (Å²) in [4.78, 5) is 11.4. The second-order valence-corrected chi connectivity index (χ2v) is 3.62. The molecule has 0 bridgehead atoms. The Morgan fingerprint density at radius 1 is 1.08 bits per heavy atom. The van der Waals surface area contributed by atoms with E-state index in [9.17, 15) is 4.79 Å². The van der Waals surface area contributed by atoms with Crippen LogP contribution in [0.5, 0.6) is 0 Å². The molecule has 12 heavy (non-hydrogen) atoms. The summed E-state index contributed by atoms with van der Waals surface area (Å²) in [6.45, 7) is 0. The molecular formula is C9H18N2O. The van der Waals surface area contributed by atoms with Crippen molar-refractivity contribution in [1.82, 2.24) is 0 Å². The lowest BCUT2D eigenvalue weighted by Crippen LogP contribution is -2.42. The molecule has 1 aliphatic rings. The largest absolute Gasteiger partial charge is 0.310 e. The van der Waals surface area contributed by atoms with Crippen LogP contribution >= 0.6 is 0 Å². The first-order chi connectivity index (χ1) is 5.72. The molecule has 0 aromatic rings. The van der Waals surface area contributed by atoms with E-state index in [1.54, 1.807) is 0 Å². The molecule has 3 nitrogen and oxygen atoms in total. The molecule has 0 spiro atoms. The molecule has 0 aromatic heterocycles. The highest BCUT2D eigenvalue weighted by Gasteiger charge is 2.22. The Kier molecular flexibility index (Phi) is 3.69. The minimum absolute atomic E-state index is 0.0527. The average molecular weight is 170 g/mol. The topological polar surface area (TPSA) is 69.1 Å². The number of carbonyl (C=O) groups excluding carboxylic acids is 1. The van der Waals surface area contributed by atoms with Gasteiger partial charge in [0.2, 0.25) is 0 Å². The predicted molar refractivity (Wildman–Crippen MR) is 48.4 cm³/mol. The van der Waals surface area contributed by atoms with Crippen LogP contribution in [-0.4, -0.2) is 11.9 Å². The molecule has 1 rings (SSSR count). The highest BCUT2D eigenvalue weighted by molar-refractivity contribution is 5.85. The number of rotatable bonds is 2. The van der Waals surface area contributed by atoms with Gasteiger partial charge in [-0.15, -0.1) is 0 Å². The molecule has 1 aliphatic carbocycles. The standard InChI is InChI=1S/C9H18N2O/c10-9(11)8(12)7-5-3-1-2-4-6-7/h7,9H,1-6,10-11H2. The van der Waals surface area contributed by atoms with Crippen molar-refractivity contribution in [1.29, 1.82) is 0 Å². The first kappa shape index (κ1) is 9.68. The molecule has 70 valence electrons. The van der Waals surface area contributed by atoms with Gasteiger partial charge in [-0.2, -0.15) is 0 Å². The second kappa shape index (κ2) is 4.58. The van der Waals surface area contributed by atoms with Crippen molar-refractivity contribution in [3.8, 4) is 0 Å². The van der Waals surface area contributed by atoms with Crippen LogP contribution in [0.4, 0.5) is 0 Å². The minimum atomic E-state index is -0.756. The van der Waals surface area contributed by atoms with Crippen LogP contribution < -0.4 is 11.5 Å². The molecule has 0 aliphatic heterocycles. The summed E-state index contributed by atoms with van der Waals surface area (Å²) in [5.74, 6) is 0.199. The van der Waals surface area contributed by atoms with Crippen molar-refractivity contribution in [2.75, 3.05) is 0 Å². The molecule has 0 unspecified atom stereocenters. The van der Waals surface area contributed by atoms with Crippen molar-refractivity contribution >= 4 is 5.78 Å². The highest BCUT2D eigenvalue weighted by atomic mass is 16.1. The van der Waals surface area contributed by atoms with Gasteiger partial charge >= 0.3 is 0 Å². The number of hydrogen-bond donors (Lipinski definition) is 2. The summed E-state index contributed by atoms with van der Waals surface area (Å²) in [5, 5.41) is 0. The van der Waals surface area contributed by atoms with E-state index < -0.39 is 6.17 Å². The van der Waals surface area contributed by atoms with Crippen molar-refractivity contribution in [3.63, 3.8) is 0 Å². The van der Waals surface area contributed by atoms with E-state index in [2.05, 4.69) is 0 Å². The summed E-state index contributed by atoms with van der Waals surface area (Å²) in [6, 6.07) is 0. The Hall–Kier alpha value is -0.410. The van der Waals surface area contributed by atoms with Crippen LogP contribution in [-0.2, 0) is 4.79 Å². The SMILES string of the molecule is NC(N)C(=O)C1CCCCCC1. The summed E-state index contributed by atoms with van der Waals surface area (Å²) < 4.78 is 0. The molecule has 0 atom stereocenters. The lowest BCUT2D eigenvalue weighted by atomic mass is 9.94. The van der Waals surface area contributed by atoms with Crippen LogP contribution in [0.1, 0.15) is 38.5 Å². The third-order valence-corrected chi connectivity index (χ3v) is 2.59. The van der Waals surface area contributed by atoms with E-state index >= 15 is 0 Å². The maximum atomic E-state index is 11.4. The Bertz CT molecular complexity index is 149. The number of carbonyl (C=O) groups is 1. The fraction of sp³-hybridized carbons (Fsp3) is 0.889. The van der Waals surface area contributed by atoms with E-state index in [4.69, 9.17) is 11.5 Å². The third-order valence-electron chi connectivity index (χ3n) is 2.59. The lowest BCUT2D eigenvalue weighted by molar-refractivity contribution is -0.124. The zero-order valence-electron chi connectivity index (χ0n) is 7.46. The Balaban J connectivity index is 2.43. The fourth-order valence-corrected chi connectivity index (χ4v) is 1.84. The predicted octanol–water partition coefficient (Wildman–Crippen LogP) is 0.769. The quantitative estimate of drug-likeness (QED) is 0.475. The van der Waals surface area contributed by atoms with Gasteiger partial charge in [-0.05, 0) is 12.8 Å². The number of Topliss-reactive ketones (excluding diaryl/α,β-unsaturated/α-hetero) is 1. The van der Waals surface area contributed by atoms with Gasteiger partial charge in [0.1, 0.15) is 6.17 Å². The molecule has 4 N–H and O–H groups in total. The zero-order chi connectivity index (χ0) is 8.97. The van der Waals surface area contributed by atoms with Gasteiger partial charge in [-0.25, -0.2) is 0 Å². The molecule has 0 aromatic carbocycles. The molecule has 0 heterocycles. The molecule has 0 saturated heterocycles. The van der Waals surface area contributed by atoms with Gasteiger partial charge in [0.05, 0.1) is 0 Å². The molecule has 0 radical (unpaired) electrons. The first-order valence-corrected chi connectivity index (χ1v) is 4.76. The van der Waals surface area contributed by atoms with Crippen LogP contribution in [0.25, 0.3) is 0 Å². The van der Waals surface area contributed by atoms with Gasteiger partial charge < -0.3 is 11.5 Å². The normalized spacial score (nSPS) is 20.9. The molecule has 0 amide bonds. The summed E-state index contributed by atoms with van der Waals surface area (Å²) in [7, 11) is 0. The molecule has 1 saturated carbocycles. The zero-order valence-corrected chi connectivity index (χ0v) is 7.46. The second-order valence-electron chi connectivity index (χ2n) is 3.62. The minimum Gasteiger partial charge on any atom is -0.310 e. The molecular weight excluding hydrogens is 152 g/mol. The van der Waals surface area contributed by atoms with Crippen LogP contribution in [0.3, 0.4) is 0 Å². The van der Waals surface area contributed by atoms with Crippen LogP contribution in [0.2, 0.25) is 0 Å². The fourth-order valence-electron chi connectivity index (χ4n) is 1.84. The maximum absolute atomic E-state index is 11.4. The monoisotopic (exact) mass is 170 g/mol. The Morgan fingerprint density at radius 2 is 1.58 bits per heavy atom. The van der Waals surface area contributed by atoms with Crippen molar-refractivity contribution in [2.24, 2.45) is 17.4 Å². The van der Waals surface area contributed by atoms with Crippen molar-refractivity contribution < 1.29 is 4.79 Å². The highest BCUT2D eigenvalue weighted by Crippen LogP contribution is 2.23. The third kappa shape index (κ3) is 2.57. The maximum Gasteiger partial charge on any atom is 0.166 e. The van der Waals surface area contributed by atoms with Gasteiger partial charge in [0, 0.05) is 5.92 Å². The van der Waals surface area contributed by atoms with Gasteiger partial charge in [0.25, 0.3) is 0 Å². The molecule has 3 heteroatoms. The van der Waals surface area contributed by atoms with Gasteiger partial charge in [-0.1, -0.05) is 25.7 Å². The average Bonchev–Trinajstić information content (AvgIpc) is 2.30. The Morgan fingerprint density at radius 3 is 2.00 bits per heavy atom. The summed E-state index contributed by atoms with van der Waals surface area (Å²) >= 11 is 0. The Labute approximate surface area is 73.5 Å². The first-order valence-electron chi connectivity index (χ1n) is 4.76. The van der Waals surface area contributed by atoms with Crippen LogP contribution in [0.15, 0.2) is 0 Å². The van der Waals surface area contributed by atoms with Crippen LogP contribution in [0, 0.1) is 5.92 Å². The van der Waals surface area contributed by atoms with E-state index in [1.807, 2.05) is 0 Å². The number of ketones is 1. The smallest absolute Gasteiger partial charge is 0.166 e. The van der Waals surface area contributed by atoms with E-state index in [1.165, 1.54) is 12.8 Å². The summed E-state index contributed by atoms with van der Waals surface area (Å²) in [5.41, 5.74) is 10.7. The number of nitrogens with two attached hydrogens (primary N) is 2. The van der Waals surface area contributed by atoms with E-state index in [0.717, 1.165) is 25.7 Å². The lowest BCUT2D eigenvalue weighted by Gasteiger charge is -2.14. The van der Waals surface area contributed by atoms with E-state index in [-0.39, 0.29) is 11.7 Å². The van der Waals surface area contributed by atoms with Crippen molar-refractivity contribution in [2.45, 2.75) is 44.7 Å². The summed E-state index contributed by atoms with van der Waals surface area (Å²) in [6.07, 6.45) is 6.04.